The molecular formula is C18H21N3O2. The normalized spacial score (nSPS) is 17.3. The van der Waals surface area contributed by atoms with Gasteiger partial charge in [0.1, 0.15) is 5.75 Å². The summed E-state index contributed by atoms with van der Waals surface area (Å²) in [6, 6.07) is 11.7. The maximum atomic E-state index is 12.6. The fourth-order valence-corrected chi connectivity index (χ4v) is 3.03. The molecule has 1 aliphatic heterocycles. The van der Waals surface area contributed by atoms with Gasteiger partial charge in [-0.3, -0.25) is 9.78 Å². The Morgan fingerprint density at radius 1 is 1.30 bits per heavy atom. The van der Waals surface area contributed by atoms with Gasteiger partial charge in [-0.25, -0.2) is 0 Å². The van der Waals surface area contributed by atoms with Crippen molar-refractivity contribution in [1.29, 1.82) is 0 Å². The van der Waals surface area contributed by atoms with Gasteiger partial charge in [-0.05, 0) is 42.7 Å². The molecule has 2 aromatic rings. The van der Waals surface area contributed by atoms with Crippen LogP contribution in [0.4, 0.5) is 5.69 Å². The third-order valence-corrected chi connectivity index (χ3v) is 4.25. The molecule has 5 nitrogen and oxygen atoms in total. The Labute approximate surface area is 136 Å². The van der Waals surface area contributed by atoms with Crippen molar-refractivity contribution in [2.75, 3.05) is 19.4 Å². The van der Waals surface area contributed by atoms with E-state index in [1.807, 2.05) is 35.2 Å². The topological polar surface area (TPSA) is 68.5 Å². The van der Waals surface area contributed by atoms with Crippen LogP contribution < -0.4 is 10.5 Å². The molecule has 0 aliphatic carbocycles. The number of benzene rings is 1. The van der Waals surface area contributed by atoms with Crippen LogP contribution in [-0.4, -0.2) is 29.4 Å². The van der Waals surface area contributed by atoms with Crippen molar-refractivity contribution in [2.45, 2.75) is 25.3 Å². The predicted molar refractivity (Wildman–Crippen MR) is 89.0 cm³/mol. The fourth-order valence-electron chi connectivity index (χ4n) is 3.03. The minimum atomic E-state index is 0.112. The Morgan fingerprint density at radius 3 is 2.74 bits per heavy atom. The van der Waals surface area contributed by atoms with Gasteiger partial charge in [-0.15, -0.1) is 0 Å². The molecule has 1 unspecified atom stereocenters. The van der Waals surface area contributed by atoms with E-state index in [9.17, 15) is 4.79 Å². The lowest BCUT2D eigenvalue weighted by molar-refractivity contribution is -0.131. The number of rotatable bonds is 4. The molecule has 0 saturated carbocycles. The molecule has 23 heavy (non-hydrogen) atoms. The Kier molecular flexibility index (Phi) is 4.46. The van der Waals surface area contributed by atoms with Crippen LogP contribution in [-0.2, 0) is 11.2 Å². The number of nitrogens with two attached hydrogens (primary N) is 1. The number of aromatic nitrogens is 1. The van der Waals surface area contributed by atoms with Crippen molar-refractivity contribution in [1.82, 2.24) is 9.88 Å². The second-order valence-electron chi connectivity index (χ2n) is 5.78. The number of hydrogen-bond acceptors (Lipinski definition) is 4. The molecule has 3 rings (SSSR count). The number of carbonyl (C=O) groups is 1. The zero-order valence-electron chi connectivity index (χ0n) is 13.2. The lowest BCUT2D eigenvalue weighted by Crippen LogP contribution is -2.32. The first-order chi connectivity index (χ1) is 11.2. The maximum absolute atomic E-state index is 12.6. The lowest BCUT2D eigenvalue weighted by atomic mass is 10.0. The highest BCUT2D eigenvalue weighted by Crippen LogP contribution is 2.33. The molecule has 1 aromatic carbocycles. The number of methoxy groups -OCH3 is 1. The number of pyridine rings is 1. The Bertz CT molecular complexity index is 668. The SMILES string of the molecule is COc1ccc(C2CCCN2C(=O)Cc2ccc(N)cn2)cc1. The Balaban J connectivity index is 1.72. The summed E-state index contributed by atoms with van der Waals surface area (Å²) >= 11 is 0. The monoisotopic (exact) mass is 311 g/mol. The number of nitrogens with zero attached hydrogens (tertiary/aromatic N) is 2. The highest BCUT2D eigenvalue weighted by Gasteiger charge is 2.29. The molecule has 120 valence electrons. The van der Waals surface area contributed by atoms with Gasteiger partial charge >= 0.3 is 0 Å². The number of anilines is 1. The van der Waals surface area contributed by atoms with E-state index in [0.717, 1.165) is 36.4 Å². The number of hydrogen-bond donors (Lipinski definition) is 1. The Hall–Kier alpha value is -2.56. The van der Waals surface area contributed by atoms with Crippen molar-refractivity contribution in [3.63, 3.8) is 0 Å². The Morgan fingerprint density at radius 2 is 2.09 bits per heavy atom. The summed E-state index contributed by atoms with van der Waals surface area (Å²) < 4.78 is 5.20. The quantitative estimate of drug-likeness (QED) is 0.942. The smallest absolute Gasteiger partial charge is 0.229 e. The van der Waals surface area contributed by atoms with E-state index in [-0.39, 0.29) is 11.9 Å². The average Bonchev–Trinajstić information content (AvgIpc) is 3.07. The lowest BCUT2D eigenvalue weighted by Gasteiger charge is -2.25. The molecule has 5 heteroatoms. The second-order valence-corrected chi connectivity index (χ2v) is 5.78. The minimum absolute atomic E-state index is 0.112. The third-order valence-electron chi connectivity index (χ3n) is 4.25. The van der Waals surface area contributed by atoms with Gasteiger partial charge in [0.25, 0.3) is 0 Å². The first kappa shape index (κ1) is 15.3. The van der Waals surface area contributed by atoms with E-state index in [1.54, 1.807) is 19.4 Å². The standard InChI is InChI=1S/C18H21N3O2/c1-23-16-8-4-13(5-9-16)17-3-2-10-21(17)18(22)11-15-7-6-14(19)12-20-15/h4-9,12,17H,2-3,10-11,19H2,1H3. The molecular weight excluding hydrogens is 290 g/mol. The van der Waals surface area contributed by atoms with E-state index in [1.165, 1.54) is 0 Å². The van der Waals surface area contributed by atoms with Crippen LogP contribution >= 0.6 is 0 Å². The number of nitrogen functional groups attached to an aromatic ring is 1. The molecule has 1 aromatic heterocycles. The van der Waals surface area contributed by atoms with Crippen LogP contribution in [0.2, 0.25) is 0 Å². The van der Waals surface area contributed by atoms with Crippen molar-refractivity contribution in [3.05, 3.63) is 53.9 Å². The summed E-state index contributed by atoms with van der Waals surface area (Å²) in [5.74, 6) is 0.941. The summed E-state index contributed by atoms with van der Waals surface area (Å²) in [5.41, 5.74) is 8.15. The van der Waals surface area contributed by atoms with Gasteiger partial charge in [-0.1, -0.05) is 12.1 Å². The van der Waals surface area contributed by atoms with Crippen LogP contribution in [0, 0.1) is 0 Å². The van der Waals surface area contributed by atoms with Crippen molar-refractivity contribution < 1.29 is 9.53 Å². The van der Waals surface area contributed by atoms with Gasteiger partial charge in [0.15, 0.2) is 0 Å². The second kappa shape index (κ2) is 6.69. The summed E-state index contributed by atoms with van der Waals surface area (Å²) in [6.45, 7) is 0.796. The zero-order chi connectivity index (χ0) is 16.2. The van der Waals surface area contributed by atoms with Gasteiger partial charge in [0, 0.05) is 12.2 Å². The van der Waals surface area contributed by atoms with Crippen molar-refractivity contribution in [3.8, 4) is 5.75 Å². The van der Waals surface area contributed by atoms with E-state index >= 15 is 0 Å². The van der Waals surface area contributed by atoms with Gasteiger partial charge in [0.05, 0.1) is 31.5 Å². The van der Waals surface area contributed by atoms with E-state index in [4.69, 9.17) is 10.5 Å². The van der Waals surface area contributed by atoms with Crippen LogP contribution in [0.15, 0.2) is 42.6 Å². The summed E-state index contributed by atoms with van der Waals surface area (Å²) in [5, 5.41) is 0. The molecule has 1 fully saturated rings. The summed E-state index contributed by atoms with van der Waals surface area (Å²) in [6.07, 6.45) is 3.92. The number of carbonyl (C=O) groups excluding carboxylic acids is 1. The van der Waals surface area contributed by atoms with Crippen molar-refractivity contribution in [2.24, 2.45) is 0 Å². The summed E-state index contributed by atoms with van der Waals surface area (Å²) in [7, 11) is 1.65. The molecule has 0 radical (unpaired) electrons. The van der Waals surface area contributed by atoms with Crippen LogP contribution in [0.5, 0.6) is 5.75 Å². The van der Waals surface area contributed by atoms with Gasteiger partial charge in [-0.2, -0.15) is 0 Å². The van der Waals surface area contributed by atoms with Crippen molar-refractivity contribution >= 4 is 11.6 Å². The highest BCUT2D eigenvalue weighted by atomic mass is 16.5. The molecule has 0 bridgehead atoms. The van der Waals surface area contributed by atoms with Crippen LogP contribution in [0.1, 0.15) is 30.1 Å². The first-order valence-corrected chi connectivity index (χ1v) is 7.81. The average molecular weight is 311 g/mol. The number of ether oxygens (including phenoxy) is 1. The minimum Gasteiger partial charge on any atom is -0.497 e. The molecule has 2 heterocycles. The van der Waals surface area contributed by atoms with E-state index in [0.29, 0.717) is 12.1 Å². The third kappa shape index (κ3) is 3.44. The van der Waals surface area contributed by atoms with Gasteiger partial charge in [0.2, 0.25) is 5.91 Å². The largest absolute Gasteiger partial charge is 0.497 e. The maximum Gasteiger partial charge on any atom is 0.229 e. The zero-order valence-corrected chi connectivity index (χ0v) is 13.2. The van der Waals surface area contributed by atoms with Gasteiger partial charge < -0.3 is 15.4 Å². The molecule has 1 amide bonds. The highest BCUT2D eigenvalue weighted by molar-refractivity contribution is 5.79. The van der Waals surface area contributed by atoms with E-state index < -0.39 is 0 Å². The number of amides is 1. The molecule has 1 atom stereocenters. The number of likely N-dealkylation sites (tertiary alicyclic amines) is 1. The van der Waals surface area contributed by atoms with Crippen LogP contribution in [0.3, 0.4) is 0 Å². The predicted octanol–water partition coefficient (Wildman–Crippen LogP) is 2.58. The molecule has 2 N–H and O–H groups in total. The molecule has 1 aliphatic rings. The van der Waals surface area contributed by atoms with E-state index in [2.05, 4.69) is 4.98 Å². The molecule has 1 saturated heterocycles. The van der Waals surface area contributed by atoms with Crippen LogP contribution in [0.25, 0.3) is 0 Å². The summed E-state index contributed by atoms with van der Waals surface area (Å²) in [4.78, 5) is 18.8. The molecule has 0 spiro atoms. The first-order valence-electron chi connectivity index (χ1n) is 7.81. The fraction of sp³-hybridized carbons (Fsp3) is 0.333.